The molecule has 2 heterocycles. The fraction of sp³-hybridized carbons (Fsp3) is 0.154. The van der Waals surface area contributed by atoms with Crippen LogP contribution >= 0.6 is 11.3 Å². The van der Waals surface area contributed by atoms with E-state index < -0.39 is 0 Å². The molecular weight excluding hydrogens is 244 g/mol. The molecular formula is C13H12N4S. The topological polar surface area (TPSA) is 50.7 Å². The summed E-state index contributed by atoms with van der Waals surface area (Å²) in [5, 5.41) is 15.7. The molecule has 90 valence electrons. The van der Waals surface area contributed by atoms with Gasteiger partial charge in [0.1, 0.15) is 5.52 Å². The molecule has 0 aliphatic rings. The summed E-state index contributed by atoms with van der Waals surface area (Å²) in [5.41, 5.74) is 2.90. The first-order valence-corrected chi connectivity index (χ1v) is 6.65. The highest BCUT2D eigenvalue weighted by molar-refractivity contribution is 7.07. The number of hydrogen-bond acceptors (Lipinski definition) is 5. The number of anilines is 1. The first kappa shape index (κ1) is 11.1. The van der Waals surface area contributed by atoms with Gasteiger partial charge in [-0.3, -0.25) is 0 Å². The molecule has 4 nitrogen and oxygen atoms in total. The predicted molar refractivity (Wildman–Crippen MR) is 73.7 cm³/mol. The Hall–Kier alpha value is -2.01. The zero-order valence-electron chi connectivity index (χ0n) is 9.87. The lowest BCUT2D eigenvalue weighted by atomic mass is 10.2. The van der Waals surface area contributed by atoms with Gasteiger partial charge in [-0.1, -0.05) is 12.1 Å². The molecule has 3 aromatic rings. The molecule has 1 atom stereocenters. The molecule has 1 unspecified atom stereocenters. The van der Waals surface area contributed by atoms with E-state index in [9.17, 15) is 0 Å². The average molecular weight is 256 g/mol. The molecule has 1 aromatic carbocycles. The first-order valence-electron chi connectivity index (χ1n) is 5.71. The van der Waals surface area contributed by atoms with Crippen LogP contribution in [-0.2, 0) is 0 Å². The monoisotopic (exact) mass is 256 g/mol. The number of nitrogens with one attached hydrogen (secondary N) is 1. The molecule has 0 saturated carbocycles. The molecule has 0 aliphatic carbocycles. The number of para-hydroxylation sites is 1. The minimum atomic E-state index is 0.180. The van der Waals surface area contributed by atoms with Gasteiger partial charge < -0.3 is 5.32 Å². The summed E-state index contributed by atoms with van der Waals surface area (Å²) < 4.78 is 0. The van der Waals surface area contributed by atoms with Crippen molar-refractivity contribution in [2.75, 3.05) is 5.32 Å². The molecule has 0 amide bonds. The number of thiophene rings is 1. The van der Waals surface area contributed by atoms with Crippen LogP contribution in [0.2, 0.25) is 0 Å². The van der Waals surface area contributed by atoms with Gasteiger partial charge in [0.25, 0.3) is 0 Å². The number of fused-ring (bicyclic) bond motifs is 1. The Morgan fingerprint density at radius 3 is 2.72 bits per heavy atom. The van der Waals surface area contributed by atoms with Gasteiger partial charge in [0.2, 0.25) is 5.95 Å². The maximum atomic E-state index is 4.44. The van der Waals surface area contributed by atoms with Crippen LogP contribution in [0.25, 0.3) is 11.0 Å². The molecule has 0 spiro atoms. The fourth-order valence-corrected chi connectivity index (χ4v) is 2.49. The van der Waals surface area contributed by atoms with Gasteiger partial charge in [-0.25, -0.2) is 4.98 Å². The second kappa shape index (κ2) is 4.70. The standard InChI is InChI=1S/C13H12N4S/c1-9(10-6-7-18-8-10)14-13-15-11-4-2-3-5-12(11)16-17-13/h2-9H,1H3,(H,14,15,17). The Kier molecular flexibility index (Phi) is 2.90. The largest absolute Gasteiger partial charge is 0.346 e. The average Bonchev–Trinajstić information content (AvgIpc) is 2.92. The molecule has 0 saturated heterocycles. The van der Waals surface area contributed by atoms with Crippen molar-refractivity contribution < 1.29 is 0 Å². The van der Waals surface area contributed by atoms with Crippen LogP contribution in [0.4, 0.5) is 5.95 Å². The van der Waals surface area contributed by atoms with E-state index in [0.717, 1.165) is 11.0 Å². The van der Waals surface area contributed by atoms with Crippen molar-refractivity contribution in [2.24, 2.45) is 0 Å². The van der Waals surface area contributed by atoms with Gasteiger partial charge >= 0.3 is 0 Å². The van der Waals surface area contributed by atoms with Gasteiger partial charge in [-0.05, 0) is 41.4 Å². The van der Waals surface area contributed by atoms with E-state index in [4.69, 9.17) is 0 Å². The van der Waals surface area contributed by atoms with E-state index in [1.807, 2.05) is 24.3 Å². The van der Waals surface area contributed by atoms with Crippen molar-refractivity contribution in [1.82, 2.24) is 15.2 Å². The van der Waals surface area contributed by atoms with E-state index in [1.165, 1.54) is 5.56 Å². The van der Waals surface area contributed by atoms with Crippen molar-refractivity contribution >= 4 is 28.3 Å². The van der Waals surface area contributed by atoms with Gasteiger partial charge in [0.15, 0.2) is 0 Å². The molecule has 0 radical (unpaired) electrons. The maximum absolute atomic E-state index is 4.44. The predicted octanol–water partition coefficient (Wildman–Crippen LogP) is 3.26. The highest BCUT2D eigenvalue weighted by Crippen LogP contribution is 2.19. The number of aromatic nitrogens is 3. The lowest BCUT2D eigenvalue weighted by molar-refractivity contribution is 0.853. The summed E-state index contributed by atoms with van der Waals surface area (Å²) in [6, 6.07) is 9.99. The minimum absolute atomic E-state index is 0.180. The van der Waals surface area contributed by atoms with Crippen molar-refractivity contribution in [3.8, 4) is 0 Å². The third-order valence-corrected chi connectivity index (χ3v) is 3.45. The van der Waals surface area contributed by atoms with Crippen molar-refractivity contribution in [3.63, 3.8) is 0 Å². The lowest BCUT2D eigenvalue weighted by Gasteiger charge is -2.11. The summed E-state index contributed by atoms with van der Waals surface area (Å²) >= 11 is 1.68. The zero-order valence-corrected chi connectivity index (χ0v) is 10.7. The van der Waals surface area contributed by atoms with Crippen LogP contribution in [0, 0.1) is 0 Å². The highest BCUT2D eigenvalue weighted by Gasteiger charge is 2.08. The van der Waals surface area contributed by atoms with Crippen LogP contribution in [0.5, 0.6) is 0 Å². The molecule has 5 heteroatoms. The highest BCUT2D eigenvalue weighted by atomic mass is 32.1. The summed E-state index contributed by atoms with van der Waals surface area (Å²) in [5.74, 6) is 0.562. The van der Waals surface area contributed by atoms with Gasteiger partial charge in [0, 0.05) is 0 Å². The van der Waals surface area contributed by atoms with E-state index in [1.54, 1.807) is 11.3 Å². The summed E-state index contributed by atoms with van der Waals surface area (Å²) in [6.45, 7) is 2.08. The quantitative estimate of drug-likeness (QED) is 0.781. The lowest BCUT2D eigenvalue weighted by Crippen LogP contribution is -2.09. The SMILES string of the molecule is CC(Nc1nnc2ccccc2n1)c1ccsc1. The molecule has 3 rings (SSSR count). The van der Waals surface area contributed by atoms with Crippen LogP contribution in [0.15, 0.2) is 41.1 Å². The van der Waals surface area contributed by atoms with Crippen molar-refractivity contribution in [1.29, 1.82) is 0 Å². The Morgan fingerprint density at radius 1 is 1.11 bits per heavy atom. The zero-order chi connectivity index (χ0) is 12.4. The van der Waals surface area contributed by atoms with E-state index in [-0.39, 0.29) is 6.04 Å². The molecule has 1 N–H and O–H groups in total. The van der Waals surface area contributed by atoms with Gasteiger partial charge in [-0.2, -0.15) is 11.3 Å². The Bertz CT molecular complexity index is 651. The summed E-state index contributed by atoms with van der Waals surface area (Å²) in [7, 11) is 0. The van der Waals surface area contributed by atoms with Crippen LogP contribution in [-0.4, -0.2) is 15.2 Å². The van der Waals surface area contributed by atoms with Crippen LogP contribution in [0.3, 0.4) is 0 Å². The van der Waals surface area contributed by atoms with Gasteiger partial charge in [-0.15, -0.1) is 10.2 Å². The van der Waals surface area contributed by atoms with E-state index >= 15 is 0 Å². The fourth-order valence-electron chi connectivity index (χ4n) is 1.74. The van der Waals surface area contributed by atoms with Crippen molar-refractivity contribution in [2.45, 2.75) is 13.0 Å². The van der Waals surface area contributed by atoms with Crippen LogP contribution < -0.4 is 5.32 Å². The number of benzene rings is 1. The summed E-state index contributed by atoms with van der Waals surface area (Å²) in [6.07, 6.45) is 0. The second-order valence-electron chi connectivity index (χ2n) is 4.05. The Balaban J connectivity index is 1.86. The molecule has 0 fully saturated rings. The van der Waals surface area contributed by atoms with E-state index in [2.05, 4.69) is 44.2 Å². The Labute approximate surface area is 109 Å². The summed E-state index contributed by atoms with van der Waals surface area (Å²) in [4.78, 5) is 4.44. The maximum Gasteiger partial charge on any atom is 0.243 e. The minimum Gasteiger partial charge on any atom is -0.346 e. The van der Waals surface area contributed by atoms with Crippen molar-refractivity contribution in [3.05, 3.63) is 46.7 Å². The van der Waals surface area contributed by atoms with E-state index in [0.29, 0.717) is 5.95 Å². The number of hydrogen-bond donors (Lipinski definition) is 1. The van der Waals surface area contributed by atoms with Gasteiger partial charge in [0.05, 0.1) is 11.6 Å². The molecule has 2 aromatic heterocycles. The Morgan fingerprint density at radius 2 is 1.94 bits per heavy atom. The smallest absolute Gasteiger partial charge is 0.243 e. The van der Waals surface area contributed by atoms with Crippen LogP contribution in [0.1, 0.15) is 18.5 Å². The third-order valence-electron chi connectivity index (χ3n) is 2.75. The molecule has 0 aliphatic heterocycles. The third kappa shape index (κ3) is 2.17. The number of nitrogens with zero attached hydrogens (tertiary/aromatic N) is 3. The molecule has 0 bridgehead atoms. The normalized spacial score (nSPS) is 12.5. The number of rotatable bonds is 3. The first-order chi connectivity index (χ1) is 8.83. The molecule has 18 heavy (non-hydrogen) atoms. The second-order valence-corrected chi connectivity index (χ2v) is 4.83.